The third kappa shape index (κ3) is 1.65. The summed E-state index contributed by atoms with van der Waals surface area (Å²) in [4.78, 5) is 30.8. The largest absolute Gasteiger partial charge is 0.403 e. The number of carbonyl (C=O) groups is 2. The smallest absolute Gasteiger partial charge is 0.252 e. The fourth-order valence-corrected chi connectivity index (χ4v) is 3.24. The molecule has 19 heavy (non-hydrogen) atoms. The SMILES string of the molecule is CN1C(=O)CC[C@](C)(N2Cc3c(csc3N)O2)C1=O. The molecule has 2 aliphatic rings. The Hall–Kier alpha value is -1.60. The molecule has 0 radical (unpaired) electrons. The molecular formula is C12H15N3O3S. The second-order valence-electron chi connectivity index (χ2n) is 5.10. The van der Waals surface area contributed by atoms with Crippen LogP contribution in [0.1, 0.15) is 25.3 Å². The summed E-state index contributed by atoms with van der Waals surface area (Å²) >= 11 is 1.43. The molecule has 1 fully saturated rings. The van der Waals surface area contributed by atoms with E-state index >= 15 is 0 Å². The molecule has 0 aliphatic carbocycles. The van der Waals surface area contributed by atoms with Crippen LogP contribution in [0.25, 0.3) is 0 Å². The predicted molar refractivity (Wildman–Crippen MR) is 70.3 cm³/mol. The van der Waals surface area contributed by atoms with Crippen LogP contribution in [0.3, 0.4) is 0 Å². The summed E-state index contributed by atoms with van der Waals surface area (Å²) in [6.45, 7) is 2.29. The van der Waals surface area contributed by atoms with Crippen molar-refractivity contribution >= 4 is 28.2 Å². The highest BCUT2D eigenvalue weighted by Gasteiger charge is 2.50. The van der Waals surface area contributed by atoms with E-state index in [-0.39, 0.29) is 11.8 Å². The maximum absolute atomic E-state index is 12.4. The molecule has 1 aromatic heterocycles. The van der Waals surface area contributed by atoms with Crippen molar-refractivity contribution in [3.63, 3.8) is 0 Å². The van der Waals surface area contributed by atoms with E-state index in [0.717, 1.165) is 11.3 Å². The van der Waals surface area contributed by atoms with Gasteiger partial charge in [-0.3, -0.25) is 14.5 Å². The van der Waals surface area contributed by atoms with Gasteiger partial charge < -0.3 is 10.6 Å². The highest BCUT2D eigenvalue weighted by Crippen LogP contribution is 2.42. The Morgan fingerprint density at radius 1 is 1.47 bits per heavy atom. The second kappa shape index (κ2) is 3.94. The first-order valence-corrected chi connectivity index (χ1v) is 6.94. The average molecular weight is 281 g/mol. The molecule has 6 nitrogen and oxygen atoms in total. The van der Waals surface area contributed by atoms with E-state index in [2.05, 4.69) is 0 Å². The van der Waals surface area contributed by atoms with Crippen molar-refractivity contribution in [3.8, 4) is 5.75 Å². The van der Waals surface area contributed by atoms with Gasteiger partial charge in [0.2, 0.25) is 5.91 Å². The number of nitrogen functional groups attached to an aromatic ring is 1. The lowest BCUT2D eigenvalue weighted by molar-refractivity contribution is -0.181. The number of anilines is 1. The molecule has 2 aliphatic heterocycles. The fraction of sp³-hybridized carbons (Fsp3) is 0.500. The van der Waals surface area contributed by atoms with Gasteiger partial charge in [-0.15, -0.1) is 16.4 Å². The number of nitrogens with two attached hydrogens (primary N) is 1. The van der Waals surface area contributed by atoms with Gasteiger partial charge in [0.1, 0.15) is 5.54 Å². The maximum atomic E-state index is 12.4. The Morgan fingerprint density at radius 2 is 2.21 bits per heavy atom. The van der Waals surface area contributed by atoms with Crippen molar-refractivity contribution in [3.05, 3.63) is 10.9 Å². The Kier molecular flexibility index (Phi) is 2.58. The minimum atomic E-state index is -0.814. The van der Waals surface area contributed by atoms with E-state index in [1.54, 1.807) is 5.06 Å². The van der Waals surface area contributed by atoms with E-state index < -0.39 is 5.54 Å². The zero-order chi connectivity index (χ0) is 13.8. The monoisotopic (exact) mass is 281 g/mol. The molecule has 3 heterocycles. The van der Waals surface area contributed by atoms with E-state index in [4.69, 9.17) is 10.6 Å². The summed E-state index contributed by atoms with van der Waals surface area (Å²) in [7, 11) is 1.52. The van der Waals surface area contributed by atoms with Crippen LogP contribution in [0.15, 0.2) is 5.38 Å². The summed E-state index contributed by atoms with van der Waals surface area (Å²) < 4.78 is 0. The molecule has 0 aromatic carbocycles. The first-order valence-electron chi connectivity index (χ1n) is 6.06. The standard InChI is InChI=1S/C12H15N3O3S/c1-12(4-3-9(16)14(2)11(12)17)15-5-7-8(18-15)6-19-10(7)13/h6H,3-5,13H2,1-2H3/t12-/m0/s1. The van der Waals surface area contributed by atoms with Gasteiger partial charge in [0.05, 0.1) is 11.5 Å². The van der Waals surface area contributed by atoms with Crippen LogP contribution in [0.2, 0.25) is 0 Å². The van der Waals surface area contributed by atoms with Crippen LogP contribution in [0.5, 0.6) is 5.75 Å². The summed E-state index contributed by atoms with van der Waals surface area (Å²) in [5, 5.41) is 4.20. The molecule has 1 atom stereocenters. The lowest BCUT2D eigenvalue weighted by Gasteiger charge is -2.40. The van der Waals surface area contributed by atoms with Gasteiger partial charge in [-0.05, 0) is 13.3 Å². The van der Waals surface area contributed by atoms with Crippen molar-refractivity contribution in [1.29, 1.82) is 0 Å². The number of likely N-dealkylation sites (tertiary alicyclic amines) is 1. The quantitative estimate of drug-likeness (QED) is 0.776. The van der Waals surface area contributed by atoms with Crippen molar-refractivity contribution in [2.45, 2.75) is 31.8 Å². The molecule has 1 saturated heterocycles. The molecule has 7 heteroatoms. The van der Waals surface area contributed by atoms with Gasteiger partial charge in [-0.25, -0.2) is 0 Å². The number of thiophene rings is 1. The molecule has 102 valence electrons. The van der Waals surface area contributed by atoms with Gasteiger partial charge in [0, 0.05) is 24.4 Å². The number of hydrogen-bond donors (Lipinski definition) is 1. The third-order valence-electron chi connectivity index (χ3n) is 3.91. The number of nitrogens with zero attached hydrogens (tertiary/aromatic N) is 2. The van der Waals surface area contributed by atoms with Crippen LogP contribution >= 0.6 is 11.3 Å². The van der Waals surface area contributed by atoms with Gasteiger partial charge in [0.25, 0.3) is 5.91 Å². The van der Waals surface area contributed by atoms with Crippen LogP contribution in [-0.4, -0.2) is 34.4 Å². The van der Waals surface area contributed by atoms with Crippen LogP contribution in [-0.2, 0) is 16.1 Å². The second-order valence-corrected chi connectivity index (χ2v) is 6.01. The zero-order valence-electron chi connectivity index (χ0n) is 10.8. The number of amides is 2. The number of hydroxylamine groups is 2. The predicted octanol–water partition coefficient (Wildman–Crippen LogP) is 0.977. The Balaban J connectivity index is 1.87. The summed E-state index contributed by atoms with van der Waals surface area (Å²) in [6.07, 6.45) is 0.809. The first kappa shape index (κ1) is 12.4. The van der Waals surface area contributed by atoms with Gasteiger partial charge >= 0.3 is 0 Å². The normalized spacial score (nSPS) is 27.6. The Labute approximate surface area is 114 Å². The number of fused-ring (bicyclic) bond motifs is 1. The Bertz CT molecular complexity index is 571. The molecule has 3 rings (SSSR count). The minimum Gasteiger partial charge on any atom is -0.403 e. The number of rotatable bonds is 1. The van der Waals surface area contributed by atoms with Crippen molar-refractivity contribution in [2.24, 2.45) is 0 Å². The zero-order valence-corrected chi connectivity index (χ0v) is 11.6. The van der Waals surface area contributed by atoms with Crippen molar-refractivity contribution in [1.82, 2.24) is 9.96 Å². The number of likely N-dealkylation sites (N-methyl/N-ethyl adjacent to an activating group) is 1. The molecular weight excluding hydrogens is 266 g/mol. The lowest BCUT2D eigenvalue weighted by Crippen LogP contribution is -2.61. The maximum Gasteiger partial charge on any atom is 0.252 e. The molecule has 0 spiro atoms. The van der Waals surface area contributed by atoms with E-state index in [1.807, 2.05) is 12.3 Å². The van der Waals surface area contributed by atoms with Gasteiger partial charge in [-0.2, -0.15) is 0 Å². The third-order valence-corrected chi connectivity index (χ3v) is 4.75. The summed E-state index contributed by atoms with van der Waals surface area (Å²) in [6, 6.07) is 0. The number of imide groups is 1. The summed E-state index contributed by atoms with van der Waals surface area (Å²) in [5.41, 5.74) is 5.99. The van der Waals surface area contributed by atoms with Crippen LogP contribution < -0.4 is 10.6 Å². The average Bonchev–Trinajstić information content (AvgIpc) is 2.95. The van der Waals surface area contributed by atoms with Crippen LogP contribution in [0.4, 0.5) is 5.00 Å². The number of hydrogen-bond acceptors (Lipinski definition) is 6. The summed E-state index contributed by atoms with van der Waals surface area (Å²) in [5.74, 6) is 0.350. The van der Waals surface area contributed by atoms with Crippen LogP contribution in [0, 0.1) is 0 Å². The number of carbonyl (C=O) groups excluding carboxylic acids is 2. The topological polar surface area (TPSA) is 75.9 Å². The number of piperidine rings is 1. The Morgan fingerprint density at radius 3 is 2.89 bits per heavy atom. The molecule has 0 saturated carbocycles. The lowest BCUT2D eigenvalue weighted by atomic mass is 9.89. The molecule has 2 N–H and O–H groups in total. The highest BCUT2D eigenvalue weighted by molar-refractivity contribution is 7.14. The first-order chi connectivity index (χ1) is 8.93. The molecule has 1 aromatic rings. The van der Waals surface area contributed by atoms with E-state index in [1.165, 1.54) is 23.3 Å². The highest BCUT2D eigenvalue weighted by atomic mass is 32.1. The molecule has 0 bridgehead atoms. The molecule has 0 unspecified atom stereocenters. The fourth-order valence-electron chi connectivity index (χ4n) is 2.51. The van der Waals surface area contributed by atoms with E-state index in [9.17, 15) is 9.59 Å². The molecule has 2 amide bonds. The van der Waals surface area contributed by atoms with Gasteiger partial charge in [-0.1, -0.05) is 0 Å². The van der Waals surface area contributed by atoms with E-state index in [0.29, 0.717) is 24.4 Å². The van der Waals surface area contributed by atoms with Gasteiger partial charge in [0.15, 0.2) is 5.75 Å². The van der Waals surface area contributed by atoms with Crippen molar-refractivity contribution < 1.29 is 14.4 Å². The van der Waals surface area contributed by atoms with Crippen molar-refractivity contribution in [2.75, 3.05) is 12.8 Å². The minimum absolute atomic E-state index is 0.143.